The van der Waals surface area contributed by atoms with E-state index in [4.69, 9.17) is 26.8 Å². The largest absolute Gasteiger partial charge is 0.490 e. The molecule has 0 radical (unpaired) electrons. The van der Waals surface area contributed by atoms with Crippen LogP contribution in [-0.4, -0.2) is 13.2 Å². The summed E-state index contributed by atoms with van der Waals surface area (Å²) in [4.78, 5) is 0. The average Bonchev–Trinajstić information content (AvgIpc) is 2.65. The van der Waals surface area contributed by atoms with Crippen molar-refractivity contribution < 1.29 is 9.47 Å². The summed E-state index contributed by atoms with van der Waals surface area (Å²) >= 11 is 6.37. The van der Waals surface area contributed by atoms with E-state index < -0.39 is 0 Å². The lowest BCUT2D eigenvalue weighted by molar-refractivity contribution is 0.293. The lowest BCUT2D eigenvalue weighted by atomic mass is 9.88. The topological polar surface area (TPSA) is 44.5 Å². The summed E-state index contributed by atoms with van der Waals surface area (Å²) in [5.74, 6) is 1.55. The lowest BCUT2D eigenvalue weighted by Gasteiger charge is -2.28. The number of benzene rings is 1. The molecule has 2 aliphatic rings. The summed E-state index contributed by atoms with van der Waals surface area (Å²) in [6.45, 7) is 1.35. The van der Waals surface area contributed by atoms with E-state index in [1.54, 1.807) is 0 Å². The van der Waals surface area contributed by atoms with E-state index in [1.165, 1.54) is 0 Å². The van der Waals surface area contributed by atoms with Crippen molar-refractivity contribution in [1.29, 1.82) is 0 Å². The first-order valence-electron chi connectivity index (χ1n) is 6.58. The molecule has 2 N–H and O–H groups in total. The van der Waals surface area contributed by atoms with Gasteiger partial charge in [0.25, 0.3) is 0 Å². The van der Waals surface area contributed by atoms with Crippen LogP contribution >= 0.6 is 11.6 Å². The second kappa shape index (κ2) is 4.63. The Hall–Kier alpha value is -0.930. The van der Waals surface area contributed by atoms with Crippen LogP contribution in [0.1, 0.15) is 37.7 Å². The van der Waals surface area contributed by atoms with Crippen LogP contribution in [0.4, 0.5) is 0 Å². The van der Waals surface area contributed by atoms with Crippen LogP contribution in [0.2, 0.25) is 5.02 Å². The fourth-order valence-electron chi connectivity index (χ4n) is 2.93. The first-order valence-corrected chi connectivity index (χ1v) is 6.96. The van der Waals surface area contributed by atoms with Gasteiger partial charge < -0.3 is 15.2 Å². The predicted octanol–water partition coefficient (Wildman–Crippen LogP) is 3.23. The molecule has 1 fully saturated rings. The molecule has 1 aromatic rings. The highest BCUT2D eigenvalue weighted by atomic mass is 35.5. The summed E-state index contributed by atoms with van der Waals surface area (Å²) in [6.07, 6.45) is 5.12. The van der Waals surface area contributed by atoms with E-state index in [-0.39, 0.29) is 5.54 Å². The highest BCUT2D eigenvalue weighted by Gasteiger charge is 2.37. The number of nitrogens with two attached hydrogens (primary N) is 1. The zero-order chi connectivity index (χ0) is 12.6. The van der Waals surface area contributed by atoms with Gasteiger partial charge in [0.2, 0.25) is 0 Å². The quantitative estimate of drug-likeness (QED) is 0.850. The summed E-state index contributed by atoms with van der Waals surface area (Å²) in [5, 5.41) is 0.698. The molecule has 3 rings (SSSR count). The molecule has 4 heteroatoms. The standard InChI is InChI=1S/C14H18ClNO2/c15-10-4-5-11-13(18-9-3-8-17-11)12(10)14(16)6-1-2-7-14/h4-5H,1-3,6-9,16H2. The van der Waals surface area contributed by atoms with Crippen molar-refractivity contribution in [2.45, 2.75) is 37.6 Å². The molecular weight excluding hydrogens is 250 g/mol. The molecule has 0 saturated heterocycles. The molecule has 0 unspecified atom stereocenters. The van der Waals surface area contributed by atoms with Gasteiger partial charge in [0.15, 0.2) is 11.5 Å². The second-order valence-electron chi connectivity index (χ2n) is 5.16. The van der Waals surface area contributed by atoms with Crippen LogP contribution in [0.3, 0.4) is 0 Å². The van der Waals surface area contributed by atoms with Gasteiger partial charge in [-0.05, 0) is 25.0 Å². The number of halogens is 1. The Kier molecular flexibility index (Phi) is 3.12. The van der Waals surface area contributed by atoms with Gasteiger partial charge in [-0.2, -0.15) is 0 Å². The SMILES string of the molecule is NC1(c2c(Cl)ccc3c2OCCCO3)CCCC1. The zero-order valence-electron chi connectivity index (χ0n) is 10.4. The van der Waals surface area contributed by atoms with Crippen LogP contribution in [0.5, 0.6) is 11.5 Å². The summed E-state index contributed by atoms with van der Waals surface area (Å²) < 4.78 is 11.6. The second-order valence-corrected chi connectivity index (χ2v) is 5.57. The minimum atomic E-state index is -0.351. The molecule has 98 valence electrons. The fraction of sp³-hybridized carbons (Fsp3) is 0.571. The smallest absolute Gasteiger partial charge is 0.167 e. The first-order chi connectivity index (χ1) is 8.71. The number of rotatable bonds is 1. The summed E-state index contributed by atoms with van der Waals surface area (Å²) in [6, 6.07) is 3.75. The lowest BCUT2D eigenvalue weighted by Crippen LogP contribution is -2.34. The highest BCUT2D eigenvalue weighted by molar-refractivity contribution is 6.31. The summed E-state index contributed by atoms with van der Waals surface area (Å²) in [5.41, 5.74) is 7.13. The third-order valence-electron chi connectivity index (χ3n) is 3.86. The molecule has 3 nitrogen and oxygen atoms in total. The number of fused-ring (bicyclic) bond motifs is 1. The van der Waals surface area contributed by atoms with Gasteiger partial charge in [-0.15, -0.1) is 0 Å². The van der Waals surface area contributed by atoms with E-state index in [9.17, 15) is 0 Å². The van der Waals surface area contributed by atoms with E-state index >= 15 is 0 Å². The average molecular weight is 268 g/mol. The highest BCUT2D eigenvalue weighted by Crippen LogP contribution is 2.48. The monoisotopic (exact) mass is 267 g/mol. The predicted molar refractivity (Wildman–Crippen MR) is 71.4 cm³/mol. The van der Waals surface area contributed by atoms with Gasteiger partial charge in [-0.1, -0.05) is 24.4 Å². The molecule has 0 aromatic heterocycles. The number of hydrogen-bond donors (Lipinski definition) is 1. The number of ether oxygens (including phenoxy) is 2. The Balaban J connectivity index is 2.12. The Morgan fingerprint density at radius 1 is 1.06 bits per heavy atom. The molecule has 1 aliphatic carbocycles. The van der Waals surface area contributed by atoms with Crippen LogP contribution in [-0.2, 0) is 5.54 Å². The molecule has 0 bridgehead atoms. The molecule has 1 saturated carbocycles. The number of hydrogen-bond acceptors (Lipinski definition) is 3. The van der Waals surface area contributed by atoms with Gasteiger partial charge in [-0.25, -0.2) is 0 Å². The van der Waals surface area contributed by atoms with E-state index in [2.05, 4.69) is 0 Å². The van der Waals surface area contributed by atoms with Crippen molar-refractivity contribution in [2.24, 2.45) is 5.73 Å². The molecular formula is C14H18ClNO2. The molecule has 0 spiro atoms. The van der Waals surface area contributed by atoms with Crippen LogP contribution in [0.15, 0.2) is 12.1 Å². The minimum Gasteiger partial charge on any atom is -0.490 e. The van der Waals surface area contributed by atoms with Crippen molar-refractivity contribution >= 4 is 11.6 Å². The molecule has 18 heavy (non-hydrogen) atoms. The van der Waals surface area contributed by atoms with Gasteiger partial charge >= 0.3 is 0 Å². The Bertz CT molecular complexity index is 455. The third-order valence-corrected chi connectivity index (χ3v) is 4.17. The fourth-order valence-corrected chi connectivity index (χ4v) is 3.27. The first kappa shape index (κ1) is 12.1. The van der Waals surface area contributed by atoms with Crippen LogP contribution in [0, 0.1) is 0 Å². The summed E-state index contributed by atoms with van der Waals surface area (Å²) in [7, 11) is 0. The van der Waals surface area contributed by atoms with Gasteiger partial charge in [0.05, 0.1) is 13.2 Å². The Morgan fingerprint density at radius 2 is 1.78 bits per heavy atom. The van der Waals surface area contributed by atoms with Gasteiger partial charge in [0.1, 0.15) is 0 Å². The maximum atomic E-state index is 6.54. The normalized spacial score (nSPS) is 21.7. The zero-order valence-corrected chi connectivity index (χ0v) is 11.1. The molecule has 0 atom stereocenters. The van der Waals surface area contributed by atoms with Crippen molar-refractivity contribution in [1.82, 2.24) is 0 Å². The van der Waals surface area contributed by atoms with E-state index in [0.29, 0.717) is 18.2 Å². The van der Waals surface area contributed by atoms with Crippen molar-refractivity contribution in [3.8, 4) is 11.5 Å². The van der Waals surface area contributed by atoms with Gasteiger partial charge in [0, 0.05) is 22.5 Å². The molecule has 1 heterocycles. The van der Waals surface area contributed by atoms with Crippen molar-refractivity contribution in [3.63, 3.8) is 0 Å². The maximum absolute atomic E-state index is 6.54. The third kappa shape index (κ3) is 1.95. The van der Waals surface area contributed by atoms with Crippen LogP contribution in [0.25, 0.3) is 0 Å². The van der Waals surface area contributed by atoms with Gasteiger partial charge in [-0.3, -0.25) is 0 Å². The minimum absolute atomic E-state index is 0.351. The van der Waals surface area contributed by atoms with Crippen molar-refractivity contribution in [3.05, 3.63) is 22.7 Å². The molecule has 0 amide bonds. The maximum Gasteiger partial charge on any atom is 0.167 e. The molecule has 1 aromatic carbocycles. The Labute approximate surface area is 112 Å². The van der Waals surface area contributed by atoms with E-state index in [1.807, 2.05) is 12.1 Å². The Morgan fingerprint density at radius 3 is 2.56 bits per heavy atom. The van der Waals surface area contributed by atoms with Crippen molar-refractivity contribution in [2.75, 3.05) is 13.2 Å². The van der Waals surface area contributed by atoms with E-state index in [0.717, 1.165) is 49.2 Å². The van der Waals surface area contributed by atoms with Crippen LogP contribution < -0.4 is 15.2 Å². The molecule has 1 aliphatic heterocycles.